The Labute approximate surface area is 130 Å². The fourth-order valence-corrected chi connectivity index (χ4v) is 2.95. The number of fused-ring (bicyclic) bond motifs is 1. The van der Waals surface area contributed by atoms with Crippen LogP contribution in [0.2, 0.25) is 0 Å². The standard InChI is InChI=1S/C17H24BrNO/c1-13(2)12-19-8-5-3-4-6-14-10-16(18)11-15-7-9-20-17(14)15/h3-4,10-11,13,19H,5-9,12H2,1-2H3/b4-3+. The minimum absolute atomic E-state index is 0.723. The van der Waals surface area contributed by atoms with Crippen molar-refractivity contribution in [2.24, 2.45) is 5.92 Å². The van der Waals surface area contributed by atoms with Crippen LogP contribution in [0.25, 0.3) is 0 Å². The molecule has 1 aromatic carbocycles. The molecule has 1 aromatic rings. The Hall–Kier alpha value is -0.800. The molecular weight excluding hydrogens is 314 g/mol. The summed E-state index contributed by atoms with van der Waals surface area (Å²) in [5.74, 6) is 1.83. The molecule has 0 amide bonds. The first-order chi connectivity index (χ1) is 9.66. The summed E-state index contributed by atoms with van der Waals surface area (Å²) in [6.45, 7) is 7.44. The van der Waals surface area contributed by atoms with Crippen LogP contribution in [0.1, 0.15) is 31.4 Å². The minimum atomic E-state index is 0.723. The van der Waals surface area contributed by atoms with Crippen LogP contribution in [0.15, 0.2) is 28.8 Å². The largest absolute Gasteiger partial charge is 0.493 e. The van der Waals surface area contributed by atoms with Crippen LogP contribution in [0.4, 0.5) is 0 Å². The fourth-order valence-electron chi connectivity index (χ4n) is 2.40. The Balaban J connectivity index is 1.79. The van der Waals surface area contributed by atoms with Gasteiger partial charge in [0.05, 0.1) is 6.61 Å². The van der Waals surface area contributed by atoms with Crippen LogP contribution in [-0.4, -0.2) is 19.7 Å². The summed E-state index contributed by atoms with van der Waals surface area (Å²) in [6.07, 6.45) is 7.58. The van der Waals surface area contributed by atoms with E-state index in [-0.39, 0.29) is 0 Å². The first-order valence-corrected chi connectivity index (χ1v) is 8.26. The van der Waals surface area contributed by atoms with E-state index in [0.29, 0.717) is 0 Å². The first-order valence-electron chi connectivity index (χ1n) is 7.46. The highest BCUT2D eigenvalue weighted by Crippen LogP contribution is 2.33. The second-order valence-corrected chi connectivity index (χ2v) is 6.63. The van der Waals surface area contributed by atoms with E-state index in [1.54, 1.807) is 0 Å². The van der Waals surface area contributed by atoms with Crippen molar-refractivity contribution in [2.45, 2.75) is 33.1 Å². The van der Waals surface area contributed by atoms with E-state index in [2.05, 4.69) is 59.4 Å². The van der Waals surface area contributed by atoms with E-state index in [4.69, 9.17) is 4.74 Å². The number of rotatable bonds is 7. The Kier molecular flexibility index (Phi) is 6.11. The molecule has 2 rings (SSSR count). The molecule has 110 valence electrons. The van der Waals surface area contributed by atoms with Gasteiger partial charge in [-0.3, -0.25) is 0 Å². The second-order valence-electron chi connectivity index (χ2n) is 5.71. The van der Waals surface area contributed by atoms with Gasteiger partial charge in [0.25, 0.3) is 0 Å². The predicted molar refractivity (Wildman–Crippen MR) is 88.5 cm³/mol. The van der Waals surface area contributed by atoms with E-state index in [1.165, 1.54) is 11.1 Å². The van der Waals surface area contributed by atoms with E-state index in [0.717, 1.165) is 55.1 Å². The molecule has 0 bridgehead atoms. The third kappa shape index (κ3) is 4.64. The van der Waals surface area contributed by atoms with Gasteiger partial charge in [-0.2, -0.15) is 0 Å². The molecule has 2 nitrogen and oxygen atoms in total. The van der Waals surface area contributed by atoms with Crippen molar-refractivity contribution in [3.8, 4) is 5.75 Å². The highest BCUT2D eigenvalue weighted by molar-refractivity contribution is 9.10. The molecule has 0 radical (unpaired) electrons. The summed E-state index contributed by atoms with van der Waals surface area (Å²) in [4.78, 5) is 0. The lowest BCUT2D eigenvalue weighted by Gasteiger charge is -2.07. The number of ether oxygens (including phenoxy) is 1. The smallest absolute Gasteiger partial charge is 0.126 e. The molecule has 1 aliphatic rings. The number of benzene rings is 1. The Morgan fingerprint density at radius 3 is 3.00 bits per heavy atom. The molecule has 1 heterocycles. The van der Waals surface area contributed by atoms with Crippen molar-refractivity contribution in [3.63, 3.8) is 0 Å². The Bertz CT molecular complexity index is 468. The molecule has 0 saturated heterocycles. The Morgan fingerprint density at radius 2 is 2.20 bits per heavy atom. The van der Waals surface area contributed by atoms with Crippen LogP contribution in [0.3, 0.4) is 0 Å². The van der Waals surface area contributed by atoms with Gasteiger partial charge in [-0.25, -0.2) is 0 Å². The Morgan fingerprint density at radius 1 is 1.35 bits per heavy atom. The van der Waals surface area contributed by atoms with E-state index in [9.17, 15) is 0 Å². The number of allylic oxidation sites excluding steroid dienone is 1. The van der Waals surface area contributed by atoms with Gasteiger partial charge in [-0.15, -0.1) is 0 Å². The summed E-state index contributed by atoms with van der Waals surface area (Å²) in [5, 5.41) is 3.45. The number of hydrogen-bond donors (Lipinski definition) is 1. The average molecular weight is 338 g/mol. The van der Waals surface area contributed by atoms with Crippen LogP contribution in [0.5, 0.6) is 5.75 Å². The van der Waals surface area contributed by atoms with Crippen molar-refractivity contribution in [1.82, 2.24) is 5.32 Å². The third-order valence-electron chi connectivity index (χ3n) is 3.37. The molecular formula is C17H24BrNO. The maximum absolute atomic E-state index is 5.74. The monoisotopic (exact) mass is 337 g/mol. The van der Waals surface area contributed by atoms with Crippen molar-refractivity contribution in [2.75, 3.05) is 19.7 Å². The predicted octanol–water partition coefficient (Wildman–Crippen LogP) is 4.12. The summed E-state index contributed by atoms with van der Waals surface area (Å²) in [5.41, 5.74) is 2.62. The molecule has 1 N–H and O–H groups in total. The first kappa shape index (κ1) is 15.6. The molecule has 0 atom stereocenters. The van der Waals surface area contributed by atoms with E-state index in [1.807, 2.05) is 0 Å². The van der Waals surface area contributed by atoms with E-state index < -0.39 is 0 Å². The summed E-state index contributed by atoms with van der Waals surface area (Å²) in [6, 6.07) is 4.34. The number of halogens is 1. The molecule has 0 saturated carbocycles. The van der Waals surface area contributed by atoms with Gasteiger partial charge in [-0.05, 0) is 55.1 Å². The molecule has 0 spiro atoms. The summed E-state index contributed by atoms with van der Waals surface area (Å²) in [7, 11) is 0. The SMILES string of the molecule is CC(C)CNCC/C=C/Cc1cc(Br)cc2c1OCC2. The molecule has 0 aliphatic carbocycles. The molecule has 0 unspecified atom stereocenters. The van der Waals surface area contributed by atoms with Gasteiger partial charge in [0.15, 0.2) is 0 Å². The highest BCUT2D eigenvalue weighted by atomic mass is 79.9. The normalized spacial score (nSPS) is 14.0. The summed E-state index contributed by atoms with van der Waals surface area (Å²) < 4.78 is 6.90. The van der Waals surface area contributed by atoms with Gasteiger partial charge in [0, 0.05) is 10.9 Å². The zero-order valence-corrected chi connectivity index (χ0v) is 14.0. The van der Waals surface area contributed by atoms with Crippen molar-refractivity contribution in [1.29, 1.82) is 0 Å². The molecule has 3 heteroatoms. The van der Waals surface area contributed by atoms with Gasteiger partial charge < -0.3 is 10.1 Å². The molecule has 0 fully saturated rings. The van der Waals surface area contributed by atoms with Gasteiger partial charge in [-0.1, -0.05) is 41.9 Å². The second kappa shape index (κ2) is 7.84. The van der Waals surface area contributed by atoms with Gasteiger partial charge in [0.1, 0.15) is 5.75 Å². The van der Waals surface area contributed by atoms with E-state index >= 15 is 0 Å². The lowest BCUT2D eigenvalue weighted by Crippen LogP contribution is -2.20. The molecule has 0 aromatic heterocycles. The van der Waals surface area contributed by atoms with Crippen LogP contribution in [0, 0.1) is 5.92 Å². The number of nitrogens with one attached hydrogen (secondary N) is 1. The topological polar surface area (TPSA) is 21.3 Å². The van der Waals surface area contributed by atoms with Crippen LogP contribution >= 0.6 is 15.9 Å². The lowest BCUT2D eigenvalue weighted by atomic mass is 10.1. The molecule has 1 aliphatic heterocycles. The third-order valence-corrected chi connectivity index (χ3v) is 3.83. The van der Waals surface area contributed by atoms with Crippen molar-refractivity contribution >= 4 is 15.9 Å². The van der Waals surface area contributed by atoms with Crippen molar-refractivity contribution in [3.05, 3.63) is 39.9 Å². The summed E-state index contributed by atoms with van der Waals surface area (Å²) >= 11 is 3.58. The average Bonchev–Trinajstić information content (AvgIpc) is 2.85. The zero-order chi connectivity index (χ0) is 14.4. The lowest BCUT2D eigenvalue weighted by molar-refractivity contribution is 0.354. The highest BCUT2D eigenvalue weighted by Gasteiger charge is 2.16. The van der Waals surface area contributed by atoms with Crippen molar-refractivity contribution < 1.29 is 4.74 Å². The minimum Gasteiger partial charge on any atom is -0.493 e. The number of hydrogen-bond acceptors (Lipinski definition) is 2. The van der Waals surface area contributed by atoms with Crippen LogP contribution in [-0.2, 0) is 12.8 Å². The maximum atomic E-state index is 5.74. The zero-order valence-electron chi connectivity index (χ0n) is 12.4. The quantitative estimate of drug-likeness (QED) is 0.597. The van der Waals surface area contributed by atoms with Gasteiger partial charge in [0.2, 0.25) is 0 Å². The fraction of sp³-hybridized carbons (Fsp3) is 0.529. The van der Waals surface area contributed by atoms with Gasteiger partial charge >= 0.3 is 0 Å². The van der Waals surface area contributed by atoms with Crippen LogP contribution < -0.4 is 10.1 Å². The maximum Gasteiger partial charge on any atom is 0.126 e. The molecule has 20 heavy (non-hydrogen) atoms.